The number of carbonyl (C=O) groups excluding carboxylic acids is 1. The average Bonchev–Trinajstić information content (AvgIpc) is 2.75. The molecule has 2 heterocycles. The van der Waals surface area contributed by atoms with Crippen LogP contribution >= 0.6 is 0 Å². The molecular weight excluding hydrogens is 198 g/mol. The van der Waals surface area contributed by atoms with E-state index in [1.54, 1.807) is 22.8 Å². The van der Waals surface area contributed by atoms with Crippen molar-refractivity contribution < 1.29 is 9.53 Å². The largest absolute Gasteiger partial charge is 0.443 e. The van der Waals surface area contributed by atoms with Crippen LogP contribution in [0, 0.1) is 0 Å². The lowest BCUT2D eigenvalue weighted by Gasteiger charge is -2.09. The molecule has 2 N–H and O–H groups in total. The molecule has 0 radical (unpaired) electrons. The molecule has 1 aliphatic rings. The van der Waals surface area contributed by atoms with E-state index in [1.165, 1.54) is 0 Å². The van der Waals surface area contributed by atoms with Crippen LogP contribution in [0.3, 0.4) is 0 Å². The molecule has 2 rings (SSSR count). The van der Waals surface area contributed by atoms with Gasteiger partial charge in [0.2, 0.25) is 0 Å². The van der Waals surface area contributed by atoms with Gasteiger partial charge in [-0.15, -0.1) is 5.10 Å². The van der Waals surface area contributed by atoms with Crippen molar-refractivity contribution >= 4 is 6.09 Å². The quantitative estimate of drug-likeness (QED) is 0.699. The van der Waals surface area contributed by atoms with Gasteiger partial charge in [0.05, 0.1) is 13.1 Å². The van der Waals surface area contributed by atoms with E-state index in [0.29, 0.717) is 19.6 Å². The number of aromatic nitrogens is 3. The maximum absolute atomic E-state index is 11.3. The second-order valence-corrected chi connectivity index (χ2v) is 3.51. The maximum Gasteiger partial charge on any atom is 0.410 e. The van der Waals surface area contributed by atoms with Crippen LogP contribution in [0.25, 0.3) is 0 Å². The Bertz CT molecular complexity index is 364. The Balaban J connectivity index is 1.98. The molecule has 1 aromatic heterocycles. The summed E-state index contributed by atoms with van der Waals surface area (Å²) in [5.41, 5.74) is 6.16. The number of ether oxygens (including phenoxy) is 1. The number of amides is 1. The number of aryl methyl sites for hydroxylation is 1. The van der Waals surface area contributed by atoms with E-state index in [-0.39, 0.29) is 12.2 Å². The van der Waals surface area contributed by atoms with Gasteiger partial charge in [0.1, 0.15) is 11.8 Å². The van der Waals surface area contributed by atoms with Crippen molar-refractivity contribution in [3.05, 3.63) is 11.9 Å². The van der Waals surface area contributed by atoms with Crippen LogP contribution in [-0.2, 0) is 18.3 Å². The van der Waals surface area contributed by atoms with Gasteiger partial charge in [0, 0.05) is 19.8 Å². The van der Waals surface area contributed by atoms with E-state index in [9.17, 15) is 4.79 Å². The molecule has 0 bridgehead atoms. The van der Waals surface area contributed by atoms with Gasteiger partial charge in [-0.3, -0.25) is 9.58 Å². The third kappa shape index (κ3) is 2.07. The molecule has 15 heavy (non-hydrogen) atoms. The number of cyclic esters (lactones) is 1. The van der Waals surface area contributed by atoms with Crippen LogP contribution in [-0.4, -0.2) is 45.2 Å². The second kappa shape index (κ2) is 3.85. The molecule has 0 aromatic carbocycles. The molecule has 1 saturated heterocycles. The van der Waals surface area contributed by atoms with Crippen LogP contribution in [0.4, 0.5) is 4.79 Å². The first-order valence-electron chi connectivity index (χ1n) is 4.70. The Kier molecular flexibility index (Phi) is 2.55. The summed E-state index contributed by atoms with van der Waals surface area (Å²) in [4.78, 5) is 12.9. The fourth-order valence-corrected chi connectivity index (χ4v) is 1.49. The van der Waals surface area contributed by atoms with Crippen LogP contribution < -0.4 is 5.73 Å². The Hall–Kier alpha value is -1.63. The van der Waals surface area contributed by atoms with Crippen molar-refractivity contribution in [3.63, 3.8) is 0 Å². The van der Waals surface area contributed by atoms with E-state index in [2.05, 4.69) is 10.3 Å². The first-order valence-corrected chi connectivity index (χ1v) is 4.70. The monoisotopic (exact) mass is 211 g/mol. The minimum atomic E-state index is -0.337. The highest BCUT2D eigenvalue weighted by molar-refractivity contribution is 5.69. The molecule has 1 unspecified atom stereocenters. The fraction of sp³-hybridized carbons (Fsp3) is 0.625. The topological polar surface area (TPSA) is 86.3 Å². The predicted octanol–water partition coefficient (Wildman–Crippen LogP) is -0.905. The molecule has 0 saturated carbocycles. The molecular formula is C8H13N5O2. The average molecular weight is 211 g/mol. The van der Waals surface area contributed by atoms with E-state index in [0.717, 1.165) is 5.69 Å². The Labute approximate surface area is 86.8 Å². The summed E-state index contributed by atoms with van der Waals surface area (Å²) in [6.07, 6.45) is 1.23. The van der Waals surface area contributed by atoms with Gasteiger partial charge in [0.25, 0.3) is 0 Å². The minimum Gasteiger partial charge on any atom is -0.443 e. The van der Waals surface area contributed by atoms with E-state index >= 15 is 0 Å². The SMILES string of the molecule is Cn1cc(CN2CC(CN)OC2=O)nn1. The van der Waals surface area contributed by atoms with Crippen molar-refractivity contribution in [3.8, 4) is 0 Å². The second-order valence-electron chi connectivity index (χ2n) is 3.51. The first kappa shape index (κ1) is 9.91. The van der Waals surface area contributed by atoms with Gasteiger partial charge in [-0.2, -0.15) is 0 Å². The Morgan fingerprint density at radius 3 is 3.07 bits per heavy atom. The summed E-state index contributed by atoms with van der Waals surface area (Å²) in [7, 11) is 1.78. The fourth-order valence-electron chi connectivity index (χ4n) is 1.49. The zero-order chi connectivity index (χ0) is 10.8. The van der Waals surface area contributed by atoms with Crippen molar-refractivity contribution in [1.29, 1.82) is 0 Å². The molecule has 0 spiro atoms. The van der Waals surface area contributed by atoms with Gasteiger partial charge in [0.15, 0.2) is 0 Å². The van der Waals surface area contributed by atoms with E-state index in [4.69, 9.17) is 10.5 Å². The molecule has 82 valence electrons. The highest BCUT2D eigenvalue weighted by Crippen LogP contribution is 2.12. The lowest BCUT2D eigenvalue weighted by Crippen LogP contribution is -2.27. The summed E-state index contributed by atoms with van der Waals surface area (Å²) in [5, 5.41) is 7.68. The third-order valence-electron chi connectivity index (χ3n) is 2.22. The van der Waals surface area contributed by atoms with E-state index < -0.39 is 0 Å². The molecule has 1 aliphatic heterocycles. The van der Waals surface area contributed by atoms with Gasteiger partial charge < -0.3 is 10.5 Å². The molecule has 1 fully saturated rings. The number of carbonyl (C=O) groups is 1. The number of hydrogen-bond donors (Lipinski definition) is 1. The maximum atomic E-state index is 11.3. The molecule has 7 nitrogen and oxygen atoms in total. The van der Waals surface area contributed by atoms with E-state index in [1.807, 2.05) is 0 Å². The standard InChI is InChI=1S/C8H13N5O2/c1-12-3-6(10-11-12)4-13-5-7(2-9)15-8(13)14/h3,7H,2,4-5,9H2,1H3. The van der Waals surface area contributed by atoms with Crippen LogP contribution in [0.1, 0.15) is 5.69 Å². The van der Waals surface area contributed by atoms with Crippen molar-refractivity contribution in [2.24, 2.45) is 12.8 Å². The normalized spacial score (nSPS) is 20.8. The molecule has 0 aliphatic carbocycles. The number of nitrogens with zero attached hydrogens (tertiary/aromatic N) is 4. The summed E-state index contributed by atoms with van der Waals surface area (Å²) >= 11 is 0. The zero-order valence-corrected chi connectivity index (χ0v) is 8.46. The lowest BCUT2D eigenvalue weighted by atomic mass is 10.3. The number of rotatable bonds is 3. The first-order chi connectivity index (χ1) is 7.19. The molecule has 1 atom stereocenters. The van der Waals surface area contributed by atoms with Crippen LogP contribution in [0.2, 0.25) is 0 Å². The zero-order valence-electron chi connectivity index (χ0n) is 8.46. The Morgan fingerprint density at radius 2 is 2.53 bits per heavy atom. The predicted molar refractivity (Wildman–Crippen MR) is 50.7 cm³/mol. The van der Waals surface area contributed by atoms with Crippen LogP contribution in [0.5, 0.6) is 0 Å². The highest BCUT2D eigenvalue weighted by atomic mass is 16.6. The smallest absolute Gasteiger partial charge is 0.410 e. The van der Waals surface area contributed by atoms with Gasteiger partial charge in [-0.25, -0.2) is 4.79 Å². The highest BCUT2D eigenvalue weighted by Gasteiger charge is 2.30. The Morgan fingerprint density at radius 1 is 1.73 bits per heavy atom. The summed E-state index contributed by atoms with van der Waals surface area (Å²) < 4.78 is 6.60. The molecule has 1 aromatic rings. The van der Waals surface area contributed by atoms with Gasteiger partial charge in [-0.1, -0.05) is 5.21 Å². The summed E-state index contributed by atoms with van der Waals surface area (Å²) in [5.74, 6) is 0. The van der Waals surface area contributed by atoms with Gasteiger partial charge in [-0.05, 0) is 0 Å². The van der Waals surface area contributed by atoms with Crippen molar-refractivity contribution in [1.82, 2.24) is 19.9 Å². The number of nitrogens with two attached hydrogens (primary N) is 1. The lowest BCUT2D eigenvalue weighted by molar-refractivity contribution is 0.134. The molecule has 7 heteroatoms. The van der Waals surface area contributed by atoms with Crippen molar-refractivity contribution in [2.75, 3.05) is 13.1 Å². The van der Waals surface area contributed by atoms with Crippen LogP contribution in [0.15, 0.2) is 6.20 Å². The number of hydrogen-bond acceptors (Lipinski definition) is 5. The van der Waals surface area contributed by atoms with Gasteiger partial charge >= 0.3 is 6.09 Å². The van der Waals surface area contributed by atoms with Crippen molar-refractivity contribution in [2.45, 2.75) is 12.6 Å². The summed E-state index contributed by atoms with van der Waals surface area (Å²) in [6, 6.07) is 0. The molecule has 1 amide bonds. The summed E-state index contributed by atoms with van der Waals surface area (Å²) in [6.45, 7) is 1.29. The minimum absolute atomic E-state index is 0.200. The third-order valence-corrected chi connectivity index (χ3v) is 2.22.